The van der Waals surface area contributed by atoms with E-state index in [0.717, 1.165) is 122 Å². The van der Waals surface area contributed by atoms with Crippen LogP contribution < -0.4 is 0 Å². The number of carbonyl (C=O) groups excluding carboxylic acids is 4. The van der Waals surface area contributed by atoms with Crippen LogP contribution in [-0.2, 0) is 65.4 Å². The molecule has 0 rings (SSSR count). The second kappa shape index (κ2) is 80.0. The summed E-state index contributed by atoms with van der Waals surface area (Å²) >= 11 is 0. The van der Waals surface area contributed by atoms with Crippen molar-refractivity contribution in [3.05, 3.63) is 146 Å². The lowest BCUT2D eigenvalue weighted by molar-refractivity contribution is -0.161. The van der Waals surface area contributed by atoms with Crippen molar-refractivity contribution in [2.45, 2.75) is 354 Å². The van der Waals surface area contributed by atoms with Crippen LogP contribution in [-0.4, -0.2) is 96.7 Å². The lowest BCUT2D eigenvalue weighted by atomic mass is 10.0. The summed E-state index contributed by atoms with van der Waals surface area (Å²) in [6.45, 7) is 4.64. The first kappa shape index (κ1) is 103. The number of rotatable bonds is 78. The molecule has 0 aromatic carbocycles. The van der Waals surface area contributed by atoms with Gasteiger partial charge >= 0.3 is 39.5 Å². The Morgan fingerprint density at radius 3 is 0.787 bits per heavy atom. The van der Waals surface area contributed by atoms with Crippen LogP contribution in [0.25, 0.3) is 0 Å². The Morgan fingerprint density at radius 1 is 0.259 bits per heavy atom. The third kappa shape index (κ3) is 79.0. The van der Waals surface area contributed by atoms with E-state index in [9.17, 15) is 43.2 Å². The van der Waals surface area contributed by atoms with Crippen LogP contribution in [0.3, 0.4) is 0 Å². The molecule has 0 heterocycles. The molecule has 0 spiro atoms. The molecule has 618 valence electrons. The quantitative estimate of drug-likeness (QED) is 0.0169. The summed E-state index contributed by atoms with van der Waals surface area (Å²) in [5.74, 6) is -2.38. The molecule has 0 saturated carbocycles. The van der Waals surface area contributed by atoms with Crippen LogP contribution in [0.2, 0.25) is 0 Å². The van der Waals surface area contributed by atoms with Gasteiger partial charge in [-0.3, -0.25) is 37.3 Å². The van der Waals surface area contributed by atoms with Crippen LogP contribution in [0.5, 0.6) is 0 Å². The average Bonchev–Trinajstić information content (AvgIpc) is 0.896. The number of hydrogen-bond acceptors (Lipinski definition) is 15. The molecule has 0 aliphatic carbocycles. The van der Waals surface area contributed by atoms with Crippen LogP contribution in [0.4, 0.5) is 0 Å². The van der Waals surface area contributed by atoms with E-state index in [1.54, 1.807) is 0 Å². The average molecular weight is 1550 g/mol. The molecule has 19 heteroatoms. The van der Waals surface area contributed by atoms with Gasteiger partial charge in [0.2, 0.25) is 0 Å². The van der Waals surface area contributed by atoms with E-state index in [1.165, 1.54) is 122 Å². The lowest BCUT2D eigenvalue weighted by Gasteiger charge is -2.21. The number of aliphatic hydroxyl groups is 1. The zero-order valence-electron chi connectivity index (χ0n) is 67.7. The third-order valence-electron chi connectivity index (χ3n) is 17.3. The molecule has 2 unspecified atom stereocenters. The first-order valence-electron chi connectivity index (χ1n) is 42.1. The highest BCUT2D eigenvalue weighted by atomic mass is 31.2. The van der Waals surface area contributed by atoms with Gasteiger partial charge in [0.25, 0.3) is 0 Å². The van der Waals surface area contributed by atoms with Crippen molar-refractivity contribution in [3.8, 4) is 0 Å². The van der Waals surface area contributed by atoms with Gasteiger partial charge in [0.1, 0.15) is 19.3 Å². The summed E-state index contributed by atoms with van der Waals surface area (Å²) in [5.41, 5.74) is 0. The first-order valence-corrected chi connectivity index (χ1v) is 45.1. The maximum atomic E-state index is 13.1. The summed E-state index contributed by atoms with van der Waals surface area (Å²) in [6.07, 6.45) is 92.7. The van der Waals surface area contributed by atoms with Crippen molar-refractivity contribution in [2.75, 3.05) is 39.6 Å². The fourth-order valence-corrected chi connectivity index (χ4v) is 12.4. The zero-order valence-corrected chi connectivity index (χ0v) is 69.5. The van der Waals surface area contributed by atoms with Gasteiger partial charge in [0, 0.05) is 25.7 Å². The van der Waals surface area contributed by atoms with Crippen molar-refractivity contribution < 1.29 is 80.2 Å². The molecule has 0 fully saturated rings. The van der Waals surface area contributed by atoms with Gasteiger partial charge in [-0.2, -0.15) is 0 Å². The molecule has 108 heavy (non-hydrogen) atoms. The van der Waals surface area contributed by atoms with Crippen LogP contribution in [0.15, 0.2) is 146 Å². The molecule has 17 nitrogen and oxygen atoms in total. The SMILES string of the molecule is CCCCC/C=C\C/C=C\C/C=C\C/C=C\C/C=C\CCC(=O)OC[C@H](COP(=O)(O)OC[C@@H](O)COP(=O)(O)OC[C@@H](COC(=O)CCCCCCC/C=C\C/C=C\CCCCC)OC(=O)CCCCCCCCCCCCCCCCC)OC(=O)CC/C=C\C/C=C\C/C=C\C/C=C\C/C=C\CCCCC. The molecule has 0 saturated heterocycles. The molecule has 3 N–H and O–H groups in total. The lowest BCUT2D eigenvalue weighted by Crippen LogP contribution is -2.30. The first-order chi connectivity index (χ1) is 52.7. The smallest absolute Gasteiger partial charge is 0.462 e. The van der Waals surface area contributed by atoms with E-state index in [2.05, 4.69) is 137 Å². The number of allylic oxidation sites excluding steroid dienone is 24. The van der Waals surface area contributed by atoms with Crippen molar-refractivity contribution >= 4 is 39.5 Å². The molecule has 0 aliphatic heterocycles. The van der Waals surface area contributed by atoms with E-state index in [0.29, 0.717) is 38.5 Å². The number of esters is 4. The van der Waals surface area contributed by atoms with Crippen molar-refractivity contribution in [1.29, 1.82) is 0 Å². The highest BCUT2D eigenvalue weighted by molar-refractivity contribution is 7.47. The second-order valence-electron chi connectivity index (χ2n) is 27.7. The van der Waals surface area contributed by atoms with Gasteiger partial charge in [0.15, 0.2) is 12.2 Å². The van der Waals surface area contributed by atoms with Crippen molar-refractivity contribution in [1.82, 2.24) is 0 Å². The van der Waals surface area contributed by atoms with Gasteiger partial charge in [0.05, 0.1) is 26.4 Å². The fourth-order valence-electron chi connectivity index (χ4n) is 10.9. The molecule has 0 aliphatic rings. The molecular weight excluding hydrogens is 1400 g/mol. The van der Waals surface area contributed by atoms with Gasteiger partial charge in [-0.15, -0.1) is 0 Å². The van der Waals surface area contributed by atoms with E-state index < -0.39 is 97.5 Å². The van der Waals surface area contributed by atoms with Crippen LogP contribution in [0.1, 0.15) is 336 Å². The van der Waals surface area contributed by atoms with Gasteiger partial charge in [-0.25, -0.2) is 9.13 Å². The van der Waals surface area contributed by atoms with E-state index in [1.807, 2.05) is 36.5 Å². The molecule has 0 aromatic rings. The monoisotopic (exact) mass is 1550 g/mol. The predicted octanol–water partition coefficient (Wildman–Crippen LogP) is 25.0. The van der Waals surface area contributed by atoms with Crippen LogP contribution >= 0.6 is 15.6 Å². The Morgan fingerprint density at radius 2 is 0.472 bits per heavy atom. The van der Waals surface area contributed by atoms with E-state index in [4.69, 9.17) is 37.0 Å². The summed E-state index contributed by atoms with van der Waals surface area (Å²) in [4.78, 5) is 73.1. The largest absolute Gasteiger partial charge is 0.472 e. The zero-order chi connectivity index (χ0) is 78.9. The Labute approximate surface area is 656 Å². The topological polar surface area (TPSA) is 237 Å². The highest BCUT2D eigenvalue weighted by Gasteiger charge is 2.30. The molecule has 5 atom stereocenters. The fraction of sp³-hybridized carbons (Fsp3) is 0.685. The Bertz CT molecular complexity index is 2610. The Balaban J connectivity index is 5.52. The van der Waals surface area contributed by atoms with Gasteiger partial charge in [-0.1, -0.05) is 321 Å². The Kier molecular flexibility index (Phi) is 76.3. The maximum Gasteiger partial charge on any atom is 0.472 e. The minimum Gasteiger partial charge on any atom is -0.462 e. The summed E-state index contributed by atoms with van der Waals surface area (Å²) in [6, 6.07) is 0. The number of hydrogen-bond donors (Lipinski definition) is 3. The van der Waals surface area contributed by atoms with Crippen molar-refractivity contribution in [2.24, 2.45) is 0 Å². The molecule has 0 aromatic heterocycles. The number of unbranched alkanes of at least 4 members (excludes halogenated alkanes) is 28. The molecular formula is C89H150O17P2. The maximum absolute atomic E-state index is 13.1. The van der Waals surface area contributed by atoms with Gasteiger partial charge < -0.3 is 33.8 Å². The second-order valence-corrected chi connectivity index (χ2v) is 30.6. The number of phosphoric ester groups is 2. The number of phosphoric acid groups is 2. The molecule has 0 radical (unpaired) electrons. The summed E-state index contributed by atoms with van der Waals surface area (Å²) < 4.78 is 68.6. The van der Waals surface area contributed by atoms with Gasteiger partial charge in [-0.05, 0) is 135 Å². The highest BCUT2D eigenvalue weighted by Crippen LogP contribution is 2.45. The third-order valence-corrected chi connectivity index (χ3v) is 19.2. The predicted molar refractivity (Wildman–Crippen MR) is 445 cm³/mol. The normalized spacial score (nSPS) is 14.5. The molecule has 0 amide bonds. The number of carbonyl (C=O) groups is 4. The van der Waals surface area contributed by atoms with Crippen LogP contribution in [0, 0.1) is 0 Å². The minimum absolute atomic E-state index is 0.0185. The van der Waals surface area contributed by atoms with E-state index in [-0.39, 0.29) is 25.7 Å². The number of aliphatic hydroxyl groups excluding tert-OH is 1. The summed E-state index contributed by atoms with van der Waals surface area (Å²) in [5, 5.41) is 10.7. The van der Waals surface area contributed by atoms with Crippen molar-refractivity contribution in [3.63, 3.8) is 0 Å². The summed E-state index contributed by atoms with van der Waals surface area (Å²) in [7, 11) is -10.0. The standard InChI is InChI=1S/C89H150O17P2/c1-5-9-13-17-21-25-29-33-37-39-41-43-47-50-54-58-62-66-70-74-87(92)100-80-85(106-89(94)76-72-68-64-60-56-52-48-44-42-40-38-34-30-26-22-18-14-10-6-2)82-104-108(97,98)102-78-83(90)77-101-107(95,96)103-81-84(105-88(93)75-71-67-63-59-55-51-46-36-32-28-24-20-16-12-8-4)79-99-86(91)73-69-65-61-57-53-49-45-35-31-27-23-19-15-11-7-3/h21-23,25-27,33-35,37-38,41-45,50,52,54,56,62,64,66,68,83-85,90H,5-20,24,28-32,36,39-40,46-49,51,53,55,57-61,63,65,67,69-82H2,1-4H3,(H,95,96)(H,97,98)/b25-21-,26-22-,27-23-,37-33-,38-34-,43-41-,44-42-,45-35-,54-50-,56-52-,66-62-,68-64-/t83-,84+,85+/m0/s1. The van der Waals surface area contributed by atoms with E-state index >= 15 is 0 Å². The Hall–Kier alpha value is -5.06. The molecule has 0 bridgehead atoms. The minimum atomic E-state index is -5.02. The number of ether oxygens (including phenoxy) is 4.